The number of piperidine rings is 4. The zero-order valence-corrected chi connectivity index (χ0v) is 78.1. The first-order valence-corrected chi connectivity index (χ1v) is 46.4. The van der Waals surface area contributed by atoms with Crippen LogP contribution in [-0.2, 0) is 11.8 Å². The number of hydrogen-bond donors (Lipinski definition) is 2. The summed E-state index contributed by atoms with van der Waals surface area (Å²) < 4.78 is 0. The molecule has 0 spiro atoms. The Balaban J connectivity index is 0.000000190. The van der Waals surface area contributed by atoms with Crippen molar-refractivity contribution in [1.29, 1.82) is 0 Å². The molecule has 4 aromatic rings. The van der Waals surface area contributed by atoms with Crippen LogP contribution in [0.1, 0.15) is 336 Å². The van der Waals surface area contributed by atoms with Crippen LogP contribution in [0.25, 0.3) is 10.9 Å². The third kappa shape index (κ3) is 33.5. The summed E-state index contributed by atoms with van der Waals surface area (Å²) in [5, 5.41) is 8.00. The van der Waals surface area contributed by atoms with Crippen LogP contribution in [0.2, 0.25) is 0 Å². The molecule has 10 heterocycles. The fourth-order valence-corrected chi connectivity index (χ4v) is 18.7. The molecular formula is C98H177N11S. The molecule has 16 rings (SSSR count). The number of fused-ring (bicyclic) bond motifs is 7. The highest BCUT2D eigenvalue weighted by Crippen LogP contribution is 2.46. The number of nitrogens with zero attached hydrogens (tertiary/aromatic N) is 9. The van der Waals surface area contributed by atoms with Gasteiger partial charge >= 0.3 is 0 Å². The minimum atomic E-state index is 0.275. The summed E-state index contributed by atoms with van der Waals surface area (Å²) >= 11 is 1.72. The van der Waals surface area contributed by atoms with Crippen molar-refractivity contribution in [2.45, 2.75) is 373 Å². The largest absolute Gasteiger partial charge is 0.384 e. The van der Waals surface area contributed by atoms with Gasteiger partial charge in [0.25, 0.3) is 0 Å². The van der Waals surface area contributed by atoms with E-state index in [1.54, 1.807) is 11.3 Å². The molecule has 2 aromatic carbocycles. The second-order valence-corrected chi connectivity index (χ2v) is 43.7. The summed E-state index contributed by atoms with van der Waals surface area (Å²) in [5.41, 5.74) is 10.9. The van der Waals surface area contributed by atoms with Crippen molar-refractivity contribution in [3.63, 3.8) is 0 Å². The lowest BCUT2D eigenvalue weighted by atomic mass is 9.86. The number of piperazine rings is 1. The van der Waals surface area contributed by atoms with Gasteiger partial charge in [0.1, 0.15) is 0 Å². The van der Waals surface area contributed by atoms with Crippen molar-refractivity contribution in [2.24, 2.45) is 41.4 Å². The van der Waals surface area contributed by atoms with Crippen LogP contribution in [0.15, 0.2) is 66.4 Å². The zero-order valence-electron chi connectivity index (χ0n) is 77.3. The molecule has 7 saturated heterocycles. The summed E-state index contributed by atoms with van der Waals surface area (Å²) in [6, 6.07) is 19.7. The molecule has 11 fully saturated rings. The average Bonchev–Trinajstić information content (AvgIpc) is 1.63. The van der Waals surface area contributed by atoms with Gasteiger partial charge in [-0.1, -0.05) is 125 Å². The second kappa shape index (κ2) is 45.1. The van der Waals surface area contributed by atoms with Gasteiger partial charge < -0.3 is 20.4 Å². The number of likely N-dealkylation sites (tertiary alicyclic amines) is 6. The van der Waals surface area contributed by atoms with Crippen LogP contribution in [0.4, 0.5) is 5.69 Å². The molecule has 4 saturated carbocycles. The van der Waals surface area contributed by atoms with Crippen LogP contribution in [0.5, 0.6) is 0 Å². The molecule has 4 aliphatic carbocycles. The van der Waals surface area contributed by atoms with E-state index in [0.717, 1.165) is 84.7 Å². The summed E-state index contributed by atoms with van der Waals surface area (Å²) in [4.78, 5) is 27.7. The van der Waals surface area contributed by atoms with E-state index in [2.05, 4.69) is 291 Å². The Morgan fingerprint density at radius 2 is 0.982 bits per heavy atom. The number of aromatic nitrogens is 2. The van der Waals surface area contributed by atoms with E-state index < -0.39 is 0 Å². The Labute approximate surface area is 685 Å². The van der Waals surface area contributed by atoms with Gasteiger partial charge in [0, 0.05) is 140 Å². The average molecular weight is 1540 g/mol. The van der Waals surface area contributed by atoms with Crippen LogP contribution in [0.3, 0.4) is 0 Å². The summed E-state index contributed by atoms with van der Waals surface area (Å²) in [7, 11) is 0. The maximum absolute atomic E-state index is 4.32. The molecule has 2 N–H and O–H groups in total. The highest BCUT2D eigenvalue weighted by Gasteiger charge is 2.46. The maximum atomic E-state index is 4.32. The van der Waals surface area contributed by atoms with Gasteiger partial charge in [-0.15, -0.1) is 11.3 Å². The maximum Gasteiger partial charge on any atom is 0.0794 e. The Bertz CT molecular complexity index is 3030. The molecule has 6 unspecified atom stereocenters. The minimum Gasteiger partial charge on any atom is -0.384 e. The van der Waals surface area contributed by atoms with Crippen molar-refractivity contribution >= 4 is 27.9 Å². The Morgan fingerprint density at radius 3 is 1.36 bits per heavy atom. The normalized spacial score (nSPS) is 24.4. The van der Waals surface area contributed by atoms with E-state index in [-0.39, 0.29) is 5.41 Å². The van der Waals surface area contributed by atoms with Gasteiger partial charge in [-0.25, -0.2) is 0 Å². The Kier molecular flexibility index (Phi) is 39.2. The molecule has 630 valence electrons. The SMILES string of the molecule is CC(C)(C)N1CC2CCC(C2)C1.CC(C)(C)N1CC2CCC1C2.CC(C)(C)N1CCC1.CC(C)(C)N1CCCCC1.CC(C)(C)N1CCNCC1.CC(C)(C)c1ccc2c(c1)CCN2.CC(C)C1CCCC1.CC(C)N1CC2CC2C1.CC(C)N1CCCC1.CC(C)c1cccc2ncccc12.CC(C)c1cncs1. The monoisotopic (exact) mass is 1540 g/mol. The smallest absolute Gasteiger partial charge is 0.0794 e. The molecule has 0 radical (unpaired) electrons. The van der Waals surface area contributed by atoms with Crippen molar-refractivity contribution in [2.75, 3.05) is 110 Å². The van der Waals surface area contributed by atoms with Crippen molar-refractivity contribution in [1.82, 2.24) is 49.6 Å². The van der Waals surface area contributed by atoms with E-state index in [4.69, 9.17) is 0 Å². The van der Waals surface area contributed by atoms with Gasteiger partial charge in [-0.05, 0) is 348 Å². The van der Waals surface area contributed by atoms with E-state index in [0.29, 0.717) is 39.5 Å². The van der Waals surface area contributed by atoms with E-state index >= 15 is 0 Å². The molecule has 11 nitrogen and oxygen atoms in total. The number of thiazole rings is 1. The molecule has 6 atom stereocenters. The van der Waals surface area contributed by atoms with Crippen LogP contribution < -0.4 is 10.6 Å². The van der Waals surface area contributed by atoms with E-state index in [1.807, 2.05) is 24.0 Å². The van der Waals surface area contributed by atoms with Crippen molar-refractivity contribution in [3.8, 4) is 0 Å². The summed E-state index contributed by atoms with van der Waals surface area (Å²) in [5.74, 6) is 8.52. The molecular weight excluding hydrogens is 1360 g/mol. The molecule has 12 aliphatic rings. The number of anilines is 1. The second-order valence-electron chi connectivity index (χ2n) is 42.8. The number of hydrogen-bond acceptors (Lipinski definition) is 12. The fourth-order valence-electron chi connectivity index (χ4n) is 18.0. The van der Waals surface area contributed by atoms with Crippen molar-refractivity contribution < 1.29 is 0 Å². The van der Waals surface area contributed by atoms with Gasteiger partial charge in [0.2, 0.25) is 0 Å². The van der Waals surface area contributed by atoms with Crippen LogP contribution >= 0.6 is 11.3 Å². The number of benzene rings is 2. The number of nitrogens with one attached hydrogen (secondary N) is 2. The van der Waals surface area contributed by atoms with E-state index in [1.165, 1.54) is 233 Å². The Morgan fingerprint density at radius 1 is 0.455 bits per heavy atom. The van der Waals surface area contributed by atoms with Gasteiger partial charge in [0.05, 0.1) is 11.0 Å². The first-order chi connectivity index (χ1) is 51.5. The summed E-state index contributed by atoms with van der Waals surface area (Å²) in [6.45, 7) is 84.5. The topological polar surface area (TPSA) is 72.5 Å². The highest BCUT2D eigenvalue weighted by molar-refractivity contribution is 7.09. The molecule has 4 bridgehead atoms. The lowest BCUT2D eigenvalue weighted by molar-refractivity contribution is 0.0690. The van der Waals surface area contributed by atoms with Crippen molar-refractivity contribution in [3.05, 3.63) is 88.0 Å². The van der Waals surface area contributed by atoms with Gasteiger partial charge in [-0.2, -0.15) is 0 Å². The molecule has 12 heteroatoms. The minimum absolute atomic E-state index is 0.275. The van der Waals surface area contributed by atoms with Crippen LogP contribution in [-0.4, -0.2) is 195 Å². The molecule has 8 aliphatic heterocycles. The lowest BCUT2D eigenvalue weighted by Gasteiger charge is -2.42. The quantitative estimate of drug-likeness (QED) is 0.201. The predicted octanol–water partition coefficient (Wildman–Crippen LogP) is 23.5. The third-order valence-corrected chi connectivity index (χ3v) is 27.0. The standard InChI is InChI=1S/C12H17N.C12H13N.C11H21N.C10H19N.C9H19N.C8H18N2.C8H15N.C8H16.2C7H15N.C6H9NS/c1-12(2,3)10-4-5-11-9(8-10)6-7-13-11;1-9(2)10-5-3-7-12-11(10)6-4-8-13-12;1-11(2,3)12-7-9-4-5-10(6-9)8-12;1-10(2,3)11-7-8-4-5-9(11)6-8;1-9(2,3)10-7-5-4-6-8-10;1-8(2,3)10-6-4-9-5-7-10;1-6(2)9-4-7-3-8(7)5-9;1-7(2)8-5-3-4-6-8;1-7(2,3)8-5-4-6-8;1-7(2)8-5-3-4-6-8;1-5(2)6-3-7-4-8-6/h4-5,8,13H,6-7H2,1-3H3;3-9H,1-2H3;9-10H,4-8H2,1-3H3;8-9H,4-7H2,1-3H3;4-8H2,1-3H3;9H,4-7H2,1-3H3;6-8H,3-5H2,1-2H3;7-8H,3-6H2,1-2H3;4-6H2,1-3H3;7H,3-6H2,1-2H3;3-5H,1-2H3. The zero-order chi connectivity index (χ0) is 81.4. The van der Waals surface area contributed by atoms with Gasteiger partial charge in [-0.3, -0.25) is 34.5 Å². The summed E-state index contributed by atoms with van der Waals surface area (Å²) in [6.07, 6.45) is 29.9. The molecule has 2 aromatic heterocycles. The number of pyridine rings is 1. The Hall–Kier alpha value is -3.04. The van der Waals surface area contributed by atoms with E-state index in [9.17, 15) is 0 Å². The third-order valence-electron chi connectivity index (χ3n) is 26.0. The molecule has 110 heavy (non-hydrogen) atoms. The molecule has 0 amide bonds. The first-order valence-electron chi connectivity index (χ1n) is 45.5. The van der Waals surface area contributed by atoms with Crippen LogP contribution in [0, 0.1) is 41.4 Å². The van der Waals surface area contributed by atoms with Gasteiger partial charge in [0.15, 0.2) is 0 Å². The fraction of sp³-hybridized carbons (Fsp3) is 0.816. The lowest BCUT2D eigenvalue weighted by Crippen LogP contribution is -2.51. The first kappa shape index (κ1) is 95.8. The number of rotatable bonds is 5. The highest BCUT2D eigenvalue weighted by atomic mass is 32.1. The predicted molar refractivity (Wildman–Crippen MR) is 485 cm³/mol.